The SMILES string of the molecule is CC(=O)OC1C(C)CCC2OCOC21. The van der Waals surface area contributed by atoms with Gasteiger partial charge < -0.3 is 14.2 Å². The van der Waals surface area contributed by atoms with Crippen LogP contribution in [-0.2, 0) is 19.0 Å². The number of carbonyl (C=O) groups is 1. The molecule has 0 aromatic heterocycles. The van der Waals surface area contributed by atoms with Gasteiger partial charge >= 0.3 is 5.97 Å². The van der Waals surface area contributed by atoms with E-state index >= 15 is 0 Å². The van der Waals surface area contributed by atoms with Crippen LogP contribution in [0.25, 0.3) is 0 Å². The van der Waals surface area contributed by atoms with Crippen molar-refractivity contribution in [2.45, 2.75) is 45.0 Å². The first-order valence-electron chi connectivity index (χ1n) is 5.09. The van der Waals surface area contributed by atoms with Gasteiger partial charge in [-0.05, 0) is 18.8 Å². The Kier molecular flexibility index (Phi) is 2.74. The number of carbonyl (C=O) groups excluding carboxylic acids is 1. The van der Waals surface area contributed by atoms with Gasteiger partial charge in [-0.2, -0.15) is 0 Å². The van der Waals surface area contributed by atoms with Gasteiger partial charge in [0.05, 0.1) is 6.10 Å². The molecule has 1 aliphatic heterocycles. The van der Waals surface area contributed by atoms with Gasteiger partial charge in [0.15, 0.2) is 0 Å². The lowest BCUT2D eigenvalue weighted by Crippen LogP contribution is -2.46. The van der Waals surface area contributed by atoms with E-state index in [2.05, 4.69) is 6.92 Å². The summed E-state index contributed by atoms with van der Waals surface area (Å²) in [5.74, 6) is 0.125. The highest BCUT2D eigenvalue weighted by molar-refractivity contribution is 5.66. The molecule has 1 saturated carbocycles. The average molecular weight is 200 g/mol. The van der Waals surface area contributed by atoms with Crippen LogP contribution in [0.1, 0.15) is 26.7 Å². The minimum Gasteiger partial charge on any atom is -0.459 e. The van der Waals surface area contributed by atoms with E-state index in [4.69, 9.17) is 14.2 Å². The molecular weight excluding hydrogens is 184 g/mol. The van der Waals surface area contributed by atoms with Crippen molar-refractivity contribution in [3.05, 3.63) is 0 Å². The Bertz CT molecular complexity index is 228. The summed E-state index contributed by atoms with van der Waals surface area (Å²) in [5.41, 5.74) is 0. The van der Waals surface area contributed by atoms with Crippen molar-refractivity contribution in [1.29, 1.82) is 0 Å². The van der Waals surface area contributed by atoms with Crippen molar-refractivity contribution in [3.8, 4) is 0 Å². The van der Waals surface area contributed by atoms with E-state index < -0.39 is 0 Å². The Balaban J connectivity index is 2.05. The number of ether oxygens (including phenoxy) is 3. The minimum absolute atomic E-state index is 0.0531. The summed E-state index contributed by atoms with van der Waals surface area (Å²) in [6.07, 6.45) is 1.97. The van der Waals surface area contributed by atoms with Crippen LogP contribution in [0.4, 0.5) is 0 Å². The zero-order chi connectivity index (χ0) is 10.1. The maximum atomic E-state index is 10.9. The summed E-state index contributed by atoms with van der Waals surface area (Å²) < 4.78 is 16.1. The predicted molar refractivity (Wildman–Crippen MR) is 48.6 cm³/mol. The van der Waals surface area contributed by atoms with Gasteiger partial charge in [0.1, 0.15) is 19.0 Å². The third-order valence-electron chi connectivity index (χ3n) is 3.00. The second-order valence-electron chi connectivity index (χ2n) is 4.08. The monoisotopic (exact) mass is 200 g/mol. The summed E-state index contributed by atoms with van der Waals surface area (Å²) in [7, 11) is 0. The maximum absolute atomic E-state index is 10.9. The zero-order valence-electron chi connectivity index (χ0n) is 8.56. The lowest BCUT2D eigenvalue weighted by Gasteiger charge is -2.35. The van der Waals surface area contributed by atoms with Crippen LogP contribution >= 0.6 is 0 Å². The van der Waals surface area contributed by atoms with Crippen LogP contribution in [-0.4, -0.2) is 31.1 Å². The van der Waals surface area contributed by atoms with E-state index in [1.54, 1.807) is 0 Å². The van der Waals surface area contributed by atoms with Crippen molar-refractivity contribution in [1.82, 2.24) is 0 Å². The molecule has 1 aliphatic carbocycles. The van der Waals surface area contributed by atoms with Crippen LogP contribution in [0.3, 0.4) is 0 Å². The Morgan fingerprint density at radius 1 is 1.36 bits per heavy atom. The first-order chi connectivity index (χ1) is 6.68. The molecule has 1 saturated heterocycles. The van der Waals surface area contributed by atoms with Crippen molar-refractivity contribution in [3.63, 3.8) is 0 Å². The first-order valence-corrected chi connectivity index (χ1v) is 5.09. The fraction of sp³-hybridized carbons (Fsp3) is 0.900. The molecule has 0 radical (unpaired) electrons. The van der Waals surface area contributed by atoms with E-state index in [0.29, 0.717) is 12.7 Å². The first kappa shape index (κ1) is 9.93. The summed E-state index contributed by atoms with van der Waals surface area (Å²) in [6.45, 7) is 3.86. The van der Waals surface area contributed by atoms with Gasteiger partial charge in [-0.15, -0.1) is 0 Å². The molecule has 2 rings (SSSR count). The van der Waals surface area contributed by atoms with E-state index in [1.165, 1.54) is 6.92 Å². The van der Waals surface area contributed by atoms with Gasteiger partial charge in [-0.3, -0.25) is 4.79 Å². The van der Waals surface area contributed by atoms with Crippen LogP contribution in [0.15, 0.2) is 0 Å². The molecule has 80 valence electrons. The number of esters is 1. The molecule has 0 aromatic carbocycles. The highest BCUT2D eigenvalue weighted by atomic mass is 16.7. The fourth-order valence-electron chi connectivity index (χ4n) is 2.25. The fourth-order valence-corrected chi connectivity index (χ4v) is 2.25. The predicted octanol–water partition coefficient (Wildman–Crippen LogP) is 1.09. The van der Waals surface area contributed by atoms with Gasteiger partial charge in [0.25, 0.3) is 0 Å². The molecule has 2 fully saturated rings. The topological polar surface area (TPSA) is 44.8 Å². The molecule has 0 N–H and O–H groups in total. The Morgan fingerprint density at radius 3 is 2.86 bits per heavy atom. The molecule has 0 spiro atoms. The van der Waals surface area contributed by atoms with Crippen LogP contribution in [0, 0.1) is 5.92 Å². The standard InChI is InChI=1S/C10H16O4/c1-6-3-4-8-10(13-5-12-8)9(6)14-7(2)11/h6,8-10H,3-5H2,1-2H3. The molecule has 4 atom stereocenters. The highest BCUT2D eigenvalue weighted by Crippen LogP contribution is 2.34. The van der Waals surface area contributed by atoms with E-state index in [1.807, 2.05) is 0 Å². The normalized spacial score (nSPS) is 41.9. The maximum Gasteiger partial charge on any atom is 0.303 e. The highest BCUT2D eigenvalue weighted by Gasteiger charge is 2.44. The molecule has 1 heterocycles. The lowest BCUT2D eigenvalue weighted by atomic mass is 9.84. The van der Waals surface area contributed by atoms with Gasteiger partial charge in [0.2, 0.25) is 0 Å². The number of hydrogen-bond acceptors (Lipinski definition) is 4. The molecular formula is C10H16O4. The van der Waals surface area contributed by atoms with E-state index in [9.17, 15) is 4.79 Å². The summed E-state index contributed by atoms with van der Waals surface area (Å²) >= 11 is 0. The number of fused-ring (bicyclic) bond motifs is 1. The quantitative estimate of drug-likeness (QED) is 0.594. The molecule has 4 unspecified atom stereocenters. The summed E-state index contributed by atoms with van der Waals surface area (Å²) in [4.78, 5) is 10.9. The smallest absolute Gasteiger partial charge is 0.303 e. The molecule has 2 aliphatic rings. The molecule has 0 amide bonds. The molecule has 14 heavy (non-hydrogen) atoms. The summed E-state index contributed by atoms with van der Waals surface area (Å²) in [6, 6.07) is 0. The average Bonchev–Trinajstić information content (AvgIpc) is 2.57. The molecule has 4 nitrogen and oxygen atoms in total. The van der Waals surface area contributed by atoms with Gasteiger partial charge in [0, 0.05) is 6.92 Å². The van der Waals surface area contributed by atoms with Crippen molar-refractivity contribution < 1.29 is 19.0 Å². The Labute approximate surface area is 83.5 Å². The van der Waals surface area contributed by atoms with Crippen LogP contribution in [0.5, 0.6) is 0 Å². The Morgan fingerprint density at radius 2 is 2.14 bits per heavy atom. The number of hydrogen-bond donors (Lipinski definition) is 0. The largest absolute Gasteiger partial charge is 0.459 e. The Hall–Kier alpha value is -0.610. The molecule has 4 heteroatoms. The second-order valence-corrected chi connectivity index (χ2v) is 4.08. The molecule has 0 aromatic rings. The van der Waals surface area contributed by atoms with Gasteiger partial charge in [-0.1, -0.05) is 6.92 Å². The third kappa shape index (κ3) is 1.77. The zero-order valence-corrected chi connectivity index (χ0v) is 8.56. The van der Waals surface area contributed by atoms with Crippen molar-refractivity contribution >= 4 is 5.97 Å². The van der Waals surface area contributed by atoms with Crippen molar-refractivity contribution in [2.24, 2.45) is 5.92 Å². The van der Waals surface area contributed by atoms with Crippen LogP contribution in [0.2, 0.25) is 0 Å². The third-order valence-corrected chi connectivity index (χ3v) is 3.00. The van der Waals surface area contributed by atoms with E-state index in [-0.39, 0.29) is 24.3 Å². The van der Waals surface area contributed by atoms with E-state index in [0.717, 1.165) is 12.8 Å². The second kappa shape index (κ2) is 3.87. The van der Waals surface area contributed by atoms with Gasteiger partial charge in [-0.25, -0.2) is 0 Å². The van der Waals surface area contributed by atoms with Crippen molar-refractivity contribution in [2.75, 3.05) is 6.79 Å². The minimum atomic E-state index is -0.238. The van der Waals surface area contributed by atoms with Crippen LogP contribution < -0.4 is 0 Å². The molecule has 0 bridgehead atoms. The number of rotatable bonds is 1. The lowest BCUT2D eigenvalue weighted by molar-refractivity contribution is -0.160. The summed E-state index contributed by atoms with van der Waals surface area (Å²) in [5, 5.41) is 0.